The lowest BCUT2D eigenvalue weighted by Crippen LogP contribution is -2.42. The highest BCUT2D eigenvalue weighted by Gasteiger charge is 2.32. The minimum atomic E-state index is -4.28. The number of hydrogen-bond acceptors (Lipinski definition) is 5. The van der Waals surface area contributed by atoms with Crippen LogP contribution in [-0.4, -0.2) is 42.3 Å². The van der Waals surface area contributed by atoms with Crippen LogP contribution in [0, 0.1) is 0 Å². The van der Waals surface area contributed by atoms with E-state index in [0.717, 1.165) is 0 Å². The van der Waals surface area contributed by atoms with Crippen molar-refractivity contribution in [2.75, 3.05) is 6.54 Å². The van der Waals surface area contributed by atoms with Crippen molar-refractivity contribution < 1.29 is 28.0 Å². The van der Waals surface area contributed by atoms with Crippen LogP contribution in [0.5, 0.6) is 0 Å². The van der Waals surface area contributed by atoms with Gasteiger partial charge in [0.25, 0.3) is 10.1 Å². The van der Waals surface area contributed by atoms with Crippen LogP contribution in [-0.2, 0) is 19.6 Å². The fraction of sp³-hybridized carbons (Fsp3) is 0.667. The molecule has 2 unspecified atom stereocenters. The molecule has 5 N–H and O–H groups in total. The van der Waals surface area contributed by atoms with Gasteiger partial charge in [-0.05, 0) is 13.3 Å². The predicted molar refractivity (Wildman–Crippen MR) is 63.0 cm³/mol. The molecule has 0 heterocycles. The van der Waals surface area contributed by atoms with Gasteiger partial charge in [-0.15, -0.1) is 0 Å². The maximum atomic E-state index is 11.2. The Morgan fingerprint density at radius 1 is 1.53 bits per heavy atom. The first kappa shape index (κ1) is 18.4. The summed E-state index contributed by atoms with van der Waals surface area (Å²) >= 11 is 0. The number of esters is 1. The van der Waals surface area contributed by atoms with Gasteiger partial charge in [-0.3, -0.25) is 4.55 Å². The second-order valence-corrected chi connectivity index (χ2v) is 5.06. The zero-order valence-electron chi connectivity index (χ0n) is 9.84. The SMILES string of the molecule is C=C(C)C(=O)OC(CN)C(CC)S(=O)(=O)O.O. The summed E-state index contributed by atoms with van der Waals surface area (Å²) in [5, 5.41) is -1.21. The lowest BCUT2D eigenvalue weighted by Gasteiger charge is -2.22. The van der Waals surface area contributed by atoms with Gasteiger partial charge in [-0.25, -0.2) is 4.79 Å². The Labute approximate surface area is 101 Å². The average Bonchev–Trinajstić information content (AvgIpc) is 2.14. The van der Waals surface area contributed by atoms with Crippen LogP contribution in [0.4, 0.5) is 0 Å². The second kappa shape index (κ2) is 7.38. The van der Waals surface area contributed by atoms with Crippen LogP contribution >= 0.6 is 0 Å². The molecule has 0 bridgehead atoms. The van der Waals surface area contributed by atoms with Gasteiger partial charge in [0.05, 0.1) is 0 Å². The first-order valence-electron chi connectivity index (χ1n) is 4.76. The molecular weight excluding hydrogens is 250 g/mol. The molecule has 0 aromatic rings. The number of ether oxygens (including phenoxy) is 1. The van der Waals surface area contributed by atoms with Crippen molar-refractivity contribution in [1.29, 1.82) is 0 Å². The molecule has 0 aliphatic rings. The summed E-state index contributed by atoms with van der Waals surface area (Å²) in [6.07, 6.45) is -0.964. The Hall–Kier alpha value is -0.960. The van der Waals surface area contributed by atoms with E-state index in [1.807, 2.05) is 0 Å². The number of carbonyl (C=O) groups is 1. The van der Waals surface area contributed by atoms with Gasteiger partial charge in [0, 0.05) is 12.1 Å². The van der Waals surface area contributed by atoms with Crippen molar-refractivity contribution in [2.24, 2.45) is 5.73 Å². The van der Waals surface area contributed by atoms with Gasteiger partial charge in [-0.2, -0.15) is 8.42 Å². The molecule has 0 rings (SSSR count). The highest BCUT2D eigenvalue weighted by atomic mass is 32.2. The van der Waals surface area contributed by atoms with E-state index in [4.69, 9.17) is 15.0 Å². The minimum Gasteiger partial charge on any atom is -0.456 e. The largest absolute Gasteiger partial charge is 0.456 e. The first-order valence-corrected chi connectivity index (χ1v) is 6.27. The molecule has 0 saturated carbocycles. The molecule has 102 valence electrons. The topological polar surface area (TPSA) is 138 Å². The summed E-state index contributed by atoms with van der Waals surface area (Å²) in [5.74, 6) is -0.724. The third-order valence-corrected chi connectivity index (χ3v) is 3.44. The van der Waals surface area contributed by atoms with Gasteiger partial charge in [0.2, 0.25) is 0 Å². The monoisotopic (exact) mass is 269 g/mol. The van der Waals surface area contributed by atoms with Crippen molar-refractivity contribution in [3.8, 4) is 0 Å². The highest BCUT2D eigenvalue weighted by molar-refractivity contribution is 7.86. The molecule has 0 amide bonds. The molecule has 2 atom stereocenters. The standard InChI is InChI=1S/C9H17NO5S.H2O/c1-4-8(16(12,13)14)7(5-10)15-9(11)6(2)3;/h7-8H,2,4-5,10H2,1,3H3,(H,12,13,14);1H2. The fourth-order valence-electron chi connectivity index (χ4n) is 1.18. The van der Waals surface area contributed by atoms with Crippen LogP contribution in [0.2, 0.25) is 0 Å². The fourth-order valence-corrected chi connectivity index (χ4v) is 2.15. The van der Waals surface area contributed by atoms with Gasteiger partial charge >= 0.3 is 5.97 Å². The minimum absolute atomic E-state index is 0. The zero-order valence-corrected chi connectivity index (χ0v) is 10.7. The maximum absolute atomic E-state index is 11.2. The molecule has 0 fully saturated rings. The Kier molecular flexibility index (Phi) is 7.99. The summed E-state index contributed by atoms with van der Waals surface area (Å²) in [4.78, 5) is 11.2. The third kappa shape index (κ3) is 5.78. The normalized spacial score (nSPS) is 14.4. The van der Waals surface area contributed by atoms with Gasteiger partial charge in [0.15, 0.2) is 0 Å². The van der Waals surface area contributed by atoms with E-state index in [1.165, 1.54) is 6.92 Å². The van der Waals surface area contributed by atoms with Crippen LogP contribution in [0.1, 0.15) is 20.3 Å². The van der Waals surface area contributed by atoms with Crippen molar-refractivity contribution in [3.63, 3.8) is 0 Å². The van der Waals surface area contributed by atoms with E-state index in [0.29, 0.717) is 0 Å². The maximum Gasteiger partial charge on any atom is 0.333 e. The Balaban J connectivity index is 0. The Morgan fingerprint density at radius 3 is 2.24 bits per heavy atom. The van der Waals surface area contributed by atoms with E-state index < -0.39 is 27.4 Å². The number of rotatable bonds is 6. The van der Waals surface area contributed by atoms with Crippen LogP contribution < -0.4 is 5.73 Å². The summed E-state index contributed by atoms with van der Waals surface area (Å²) in [5.41, 5.74) is 5.45. The van der Waals surface area contributed by atoms with Crippen molar-refractivity contribution in [1.82, 2.24) is 0 Å². The van der Waals surface area contributed by atoms with Gasteiger partial charge in [0.1, 0.15) is 11.4 Å². The van der Waals surface area contributed by atoms with Gasteiger partial charge in [-0.1, -0.05) is 13.5 Å². The van der Waals surface area contributed by atoms with Crippen molar-refractivity contribution in [3.05, 3.63) is 12.2 Å². The Morgan fingerprint density at radius 2 is 2.00 bits per heavy atom. The van der Waals surface area contributed by atoms with Crippen molar-refractivity contribution >= 4 is 16.1 Å². The van der Waals surface area contributed by atoms with Crippen LogP contribution in [0.15, 0.2) is 12.2 Å². The first-order chi connectivity index (χ1) is 7.23. The summed E-state index contributed by atoms with van der Waals surface area (Å²) in [6.45, 7) is 6.17. The molecule has 0 aliphatic heterocycles. The molecule has 0 radical (unpaired) electrons. The molecule has 0 aromatic carbocycles. The molecule has 8 heteroatoms. The lowest BCUT2D eigenvalue weighted by molar-refractivity contribution is -0.143. The predicted octanol–water partition coefficient (Wildman–Crippen LogP) is -0.725. The third-order valence-electron chi connectivity index (χ3n) is 2.04. The molecular formula is C9H19NO6S. The van der Waals surface area contributed by atoms with E-state index in [1.54, 1.807) is 6.92 Å². The average molecular weight is 269 g/mol. The van der Waals surface area contributed by atoms with Crippen LogP contribution in [0.3, 0.4) is 0 Å². The molecule has 7 nitrogen and oxygen atoms in total. The van der Waals surface area contributed by atoms with Crippen molar-refractivity contribution in [2.45, 2.75) is 31.6 Å². The van der Waals surface area contributed by atoms with Gasteiger partial charge < -0.3 is 15.9 Å². The summed E-state index contributed by atoms with van der Waals surface area (Å²) < 4.78 is 35.8. The lowest BCUT2D eigenvalue weighted by atomic mass is 10.2. The smallest absolute Gasteiger partial charge is 0.333 e. The quantitative estimate of drug-likeness (QED) is 0.370. The van der Waals surface area contributed by atoms with E-state index in [-0.39, 0.29) is 24.0 Å². The van der Waals surface area contributed by atoms with Crippen LogP contribution in [0.25, 0.3) is 0 Å². The molecule has 0 saturated heterocycles. The summed E-state index contributed by atoms with van der Waals surface area (Å²) in [6, 6.07) is 0. The number of nitrogens with two attached hydrogens (primary N) is 1. The van der Waals surface area contributed by atoms with E-state index in [2.05, 4.69) is 6.58 Å². The molecule has 0 spiro atoms. The number of carbonyl (C=O) groups excluding carboxylic acids is 1. The number of hydrogen-bond donors (Lipinski definition) is 2. The highest BCUT2D eigenvalue weighted by Crippen LogP contribution is 2.13. The second-order valence-electron chi connectivity index (χ2n) is 3.42. The van der Waals surface area contributed by atoms with E-state index >= 15 is 0 Å². The van der Waals surface area contributed by atoms with E-state index in [9.17, 15) is 13.2 Å². The molecule has 0 aliphatic carbocycles. The molecule has 0 aromatic heterocycles. The summed E-state index contributed by atoms with van der Waals surface area (Å²) in [7, 11) is -4.28. The molecule has 17 heavy (non-hydrogen) atoms. The Bertz CT molecular complexity index is 364. The zero-order chi connectivity index (χ0) is 12.9.